The first-order valence-corrected chi connectivity index (χ1v) is 5.47. The topological polar surface area (TPSA) is 12.9 Å². The first kappa shape index (κ1) is 11.9. The van der Waals surface area contributed by atoms with Gasteiger partial charge in [0.1, 0.15) is 0 Å². The van der Waals surface area contributed by atoms with Crippen molar-refractivity contribution in [3.05, 3.63) is 41.6 Å². The van der Waals surface area contributed by atoms with Gasteiger partial charge in [-0.1, -0.05) is 25.5 Å². The normalized spacial score (nSPS) is 12.0. The van der Waals surface area contributed by atoms with Gasteiger partial charge in [-0.25, -0.2) is 0 Å². The van der Waals surface area contributed by atoms with Crippen molar-refractivity contribution in [3.63, 3.8) is 0 Å². The third kappa shape index (κ3) is 2.40. The lowest BCUT2D eigenvalue weighted by Gasteiger charge is -2.10. The molecule has 17 heavy (non-hydrogen) atoms. The summed E-state index contributed by atoms with van der Waals surface area (Å²) in [5.41, 5.74) is 0.331. The third-order valence-electron chi connectivity index (χ3n) is 2.61. The molecular weight excluding hydrogens is 227 g/mol. The van der Waals surface area contributed by atoms with Crippen molar-refractivity contribution in [2.45, 2.75) is 25.9 Å². The Labute approximate surface area is 97.3 Å². The van der Waals surface area contributed by atoms with Crippen LogP contribution in [0.25, 0.3) is 10.9 Å². The van der Waals surface area contributed by atoms with Crippen molar-refractivity contribution in [1.29, 1.82) is 0 Å². The van der Waals surface area contributed by atoms with Crippen molar-refractivity contribution < 1.29 is 13.2 Å². The predicted octanol–water partition coefficient (Wildman–Crippen LogP) is 4.21. The summed E-state index contributed by atoms with van der Waals surface area (Å²) in [6, 6.07) is 5.93. The zero-order valence-corrected chi connectivity index (χ0v) is 9.38. The number of benzene rings is 1. The van der Waals surface area contributed by atoms with Gasteiger partial charge < -0.3 is 0 Å². The smallest absolute Gasteiger partial charge is 0.255 e. The Kier molecular flexibility index (Phi) is 3.05. The molecule has 2 rings (SSSR count). The number of hydrogen-bond acceptors (Lipinski definition) is 1. The Morgan fingerprint density at radius 3 is 2.65 bits per heavy atom. The monoisotopic (exact) mass is 239 g/mol. The molecule has 0 radical (unpaired) electrons. The first-order valence-electron chi connectivity index (χ1n) is 5.47. The number of nitrogens with zero attached hydrogens (tertiary/aromatic N) is 1. The van der Waals surface area contributed by atoms with Gasteiger partial charge in [-0.05, 0) is 24.1 Å². The van der Waals surface area contributed by atoms with Crippen LogP contribution >= 0.6 is 0 Å². The summed E-state index contributed by atoms with van der Waals surface area (Å²) in [7, 11) is 0. The van der Waals surface area contributed by atoms with Crippen LogP contribution in [-0.2, 0) is 12.6 Å². The molecule has 0 aliphatic carbocycles. The van der Waals surface area contributed by atoms with Crippen LogP contribution in [0.2, 0.25) is 0 Å². The highest BCUT2D eigenvalue weighted by molar-refractivity contribution is 5.82. The molecule has 1 heterocycles. The summed E-state index contributed by atoms with van der Waals surface area (Å²) in [6.45, 7) is 2.02. The average molecular weight is 239 g/mol. The lowest BCUT2D eigenvalue weighted by molar-refractivity contribution is -0.136. The number of pyridine rings is 1. The molecule has 0 amide bonds. The van der Waals surface area contributed by atoms with E-state index in [1.807, 2.05) is 6.92 Å². The summed E-state index contributed by atoms with van der Waals surface area (Å²) in [6.07, 6.45) is -1.04. The summed E-state index contributed by atoms with van der Waals surface area (Å²) < 4.78 is 38.2. The highest BCUT2D eigenvalue weighted by Crippen LogP contribution is 2.33. The molecule has 0 saturated heterocycles. The molecule has 2 aromatic rings. The van der Waals surface area contributed by atoms with E-state index in [2.05, 4.69) is 4.98 Å². The fourth-order valence-corrected chi connectivity index (χ4v) is 1.86. The minimum Gasteiger partial charge on any atom is -0.255 e. The van der Waals surface area contributed by atoms with Crippen LogP contribution in [0, 0.1) is 0 Å². The van der Waals surface area contributed by atoms with Crippen LogP contribution in [0.5, 0.6) is 0 Å². The Hall–Kier alpha value is -1.58. The maximum absolute atomic E-state index is 12.7. The van der Waals surface area contributed by atoms with Crippen LogP contribution < -0.4 is 0 Å². The number of fused-ring (bicyclic) bond motifs is 1. The zero-order chi connectivity index (χ0) is 12.5. The van der Waals surface area contributed by atoms with Crippen molar-refractivity contribution in [2.24, 2.45) is 0 Å². The second-order valence-electron chi connectivity index (χ2n) is 3.97. The molecule has 0 fully saturated rings. The van der Waals surface area contributed by atoms with E-state index in [0.717, 1.165) is 24.5 Å². The van der Waals surface area contributed by atoms with Crippen LogP contribution in [0.3, 0.4) is 0 Å². The van der Waals surface area contributed by atoms with Gasteiger partial charge in [-0.15, -0.1) is 0 Å². The van der Waals surface area contributed by atoms with Crippen molar-refractivity contribution >= 4 is 10.9 Å². The largest absolute Gasteiger partial charge is 0.418 e. The summed E-state index contributed by atoms with van der Waals surface area (Å²) in [5.74, 6) is 0. The molecule has 0 atom stereocenters. The number of para-hydroxylation sites is 1. The van der Waals surface area contributed by atoms with Crippen LogP contribution in [-0.4, -0.2) is 4.98 Å². The third-order valence-corrected chi connectivity index (χ3v) is 2.61. The molecule has 0 saturated carbocycles. The van der Waals surface area contributed by atoms with E-state index in [1.165, 1.54) is 12.3 Å². The van der Waals surface area contributed by atoms with Crippen molar-refractivity contribution in [3.8, 4) is 0 Å². The van der Waals surface area contributed by atoms with E-state index >= 15 is 0 Å². The molecule has 1 aromatic heterocycles. The zero-order valence-electron chi connectivity index (χ0n) is 9.38. The molecule has 90 valence electrons. The number of alkyl halides is 3. The van der Waals surface area contributed by atoms with Crippen molar-refractivity contribution in [2.75, 3.05) is 0 Å². The number of aryl methyl sites for hydroxylation is 1. The molecule has 0 spiro atoms. The molecule has 1 aromatic carbocycles. The molecule has 0 aliphatic rings. The fourth-order valence-electron chi connectivity index (χ4n) is 1.86. The Bertz CT molecular complexity index is 532. The Balaban J connectivity index is 2.59. The molecule has 0 unspecified atom stereocenters. The maximum atomic E-state index is 12.7. The lowest BCUT2D eigenvalue weighted by atomic mass is 10.1. The van der Waals surface area contributed by atoms with Gasteiger partial charge >= 0.3 is 6.18 Å². The second-order valence-corrected chi connectivity index (χ2v) is 3.97. The van der Waals surface area contributed by atoms with Gasteiger partial charge in [-0.2, -0.15) is 13.2 Å². The molecule has 4 heteroatoms. The number of hydrogen-bond donors (Lipinski definition) is 0. The maximum Gasteiger partial charge on any atom is 0.418 e. The van der Waals surface area contributed by atoms with Crippen LogP contribution in [0.1, 0.15) is 24.5 Å². The molecule has 0 aliphatic heterocycles. The average Bonchev–Trinajstić information content (AvgIpc) is 2.27. The highest BCUT2D eigenvalue weighted by atomic mass is 19.4. The minimum absolute atomic E-state index is 0.0276. The summed E-state index contributed by atoms with van der Waals surface area (Å²) in [4.78, 5) is 3.95. The van der Waals surface area contributed by atoms with Crippen molar-refractivity contribution in [1.82, 2.24) is 4.98 Å². The molecular formula is C13H12F3N. The molecule has 0 N–H and O–H groups in total. The van der Waals surface area contributed by atoms with E-state index in [0.29, 0.717) is 5.39 Å². The first-order chi connectivity index (χ1) is 8.02. The quantitative estimate of drug-likeness (QED) is 0.765. The van der Waals surface area contributed by atoms with E-state index in [9.17, 15) is 13.2 Å². The van der Waals surface area contributed by atoms with Gasteiger partial charge in [0.05, 0.1) is 11.1 Å². The number of halogens is 3. The van der Waals surface area contributed by atoms with E-state index in [4.69, 9.17) is 0 Å². The second kappa shape index (κ2) is 4.35. The van der Waals surface area contributed by atoms with Gasteiger partial charge in [0, 0.05) is 11.6 Å². The van der Waals surface area contributed by atoms with Crippen LogP contribution in [0.15, 0.2) is 30.5 Å². The molecule has 1 nitrogen and oxygen atoms in total. The van der Waals surface area contributed by atoms with E-state index in [-0.39, 0.29) is 5.52 Å². The number of aromatic nitrogens is 1. The van der Waals surface area contributed by atoms with Gasteiger partial charge in [-0.3, -0.25) is 4.98 Å². The lowest BCUT2D eigenvalue weighted by Crippen LogP contribution is -2.06. The van der Waals surface area contributed by atoms with Crippen LogP contribution in [0.4, 0.5) is 13.2 Å². The van der Waals surface area contributed by atoms with E-state index < -0.39 is 11.7 Å². The predicted molar refractivity (Wildman–Crippen MR) is 60.7 cm³/mol. The Morgan fingerprint density at radius 2 is 2.00 bits per heavy atom. The minimum atomic E-state index is -4.35. The fraction of sp³-hybridized carbons (Fsp3) is 0.308. The van der Waals surface area contributed by atoms with Gasteiger partial charge in [0.15, 0.2) is 0 Å². The van der Waals surface area contributed by atoms with Gasteiger partial charge in [0.25, 0.3) is 0 Å². The summed E-state index contributed by atoms with van der Waals surface area (Å²) in [5, 5.41) is 0.547. The number of rotatable bonds is 2. The SMILES string of the molecule is CCCc1cnc2c(C(F)(F)F)cccc2c1. The highest BCUT2D eigenvalue weighted by Gasteiger charge is 2.32. The van der Waals surface area contributed by atoms with Gasteiger partial charge in [0.2, 0.25) is 0 Å². The standard InChI is InChI=1S/C13H12F3N/c1-2-4-9-7-10-5-3-6-11(13(14,15)16)12(10)17-8-9/h3,5-8H,2,4H2,1H3. The Morgan fingerprint density at radius 1 is 1.24 bits per heavy atom. The molecule has 0 bridgehead atoms. The van der Waals surface area contributed by atoms with E-state index in [1.54, 1.807) is 12.1 Å². The summed E-state index contributed by atoms with van der Waals surface area (Å²) >= 11 is 0.